The minimum atomic E-state index is -0.931. The maximum atomic E-state index is 10.8. The van der Waals surface area contributed by atoms with E-state index in [1.54, 1.807) is 14.0 Å². The van der Waals surface area contributed by atoms with Crippen LogP contribution < -0.4 is 4.90 Å². The van der Waals surface area contributed by atoms with Crippen molar-refractivity contribution in [2.45, 2.75) is 13.0 Å². The van der Waals surface area contributed by atoms with Gasteiger partial charge in [0.1, 0.15) is 11.9 Å². The van der Waals surface area contributed by atoms with Crippen molar-refractivity contribution in [3.05, 3.63) is 16.0 Å². The molecule has 1 heterocycles. The Bertz CT molecular complexity index is 388. The van der Waals surface area contributed by atoms with Crippen LogP contribution in [0.15, 0.2) is 10.7 Å². The summed E-state index contributed by atoms with van der Waals surface area (Å²) in [6.07, 6.45) is 1.48. The number of likely N-dealkylation sites (N-methyl/N-ethyl adjacent to an activating group) is 1. The van der Waals surface area contributed by atoms with Crippen LogP contribution in [0.25, 0.3) is 0 Å². The predicted octanol–water partition coefficient (Wildman–Crippen LogP) is 1.80. The van der Waals surface area contributed by atoms with Crippen molar-refractivity contribution in [2.75, 3.05) is 11.9 Å². The van der Waals surface area contributed by atoms with Gasteiger partial charge in [0.15, 0.2) is 0 Å². The largest absolute Gasteiger partial charge is 0.480 e. The molecular formula is C8H9BrClN3O2. The van der Waals surface area contributed by atoms with E-state index in [-0.39, 0.29) is 5.28 Å². The van der Waals surface area contributed by atoms with Crippen molar-refractivity contribution in [3.63, 3.8) is 0 Å². The molecule has 82 valence electrons. The molecule has 15 heavy (non-hydrogen) atoms. The molecule has 0 radical (unpaired) electrons. The predicted molar refractivity (Wildman–Crippen MR) is 60.2 cm³/mol. The summed E-state index contributed by atoms with van der Waals surface area (Å²) in [6, 6.07) is -0.688. The van der Waals surface area contributed by atoms with Crippen LogP contribution in [0.1, 0.15) is 6.92 Å². The number of hydrogen-bond acceptors (Lipinski definition) is 4. The maximum Gasteiger partial charge on any atom is 0.326 e. The van der Waals surface area contributed by atoms with Gasteiger partial charge >= 0.3 is 5.97 Å². The first-order chi connectivity index (χ1) is 6.93. The summed E-state index contributed by atoms with van der Waals surface area (Å²) in [6.45, 7) is 1.56. The molecule has 0 aliphatic rings. The third kappa shape index (κ3) is 2.79. The van der Waals surface area contributed by atoms with Crippen LogP contribution in [0.2, 0.25) is 5.28 Å². The molecule has 0 aromatic carbocycles. The van der Waals surface area contributed by atoms with Crippen molar-refractivity contribution < 1.29 is 9.90 Å². The van der Waals surface area contributed by atoms with E-state index in [2.05, 4.69) is 25.9 Å². The van der Waals surface area contributed by atoms with Crippen molar-refractivity contribution in [2.24, 2.45) is 0 Å². The van der Waals surface area contributed by atoms with Gasteiger partial charge in [-0.05, 0) is 34.5 Å². The van der Waals surface area contributed by atoms with Gasteiger partial charge < -0.3 is 10.0 Å². The number of carboxylic acids is 1. The van der Waals surface area contributed by atoms with Gasteiger partial charge in [0.05, 0.1) is 4.47 Å². The molecule has 0 aliphatic carbocycles. The van der Waals surface area contributed by atoms with E-state index in [1.807, 2.05) is 0 Å². The molecule has 1 atom stereocenters. The van der Waals surface area contributed by atoms with Crippen LogP contribution in [-0.4, -0.2) is 34.1 Å². The first-order valence-corrected chi connectivity index (χ1v) is 5.24. The molecule has 0 fully saturated rings. The van der Waals surface area contributed by atoms with Crippen LogP contribution >= 0.6 is 27.5 Å². The van der Waals surface area contributed by atoms with Crippen LogP contribution in [0.4, 0.5) is 5.82 Å². The molecule has 0 saturated heterocycles. The number of hydrogen-bond donors (Lipinski definition) is 1. The third-order valence-electron chi connectivity index (χ3n) is 1.97. The van der Waals surface area contributed by atoms with Crippen molar-refractivity contribution in [1.82, 2.24) is 9.97 Å². The lowest BCUT2D eigenvalue weighted by Gasteiger charge is -2.23. The van der Waals surface area contributed by atoms with Gasteiger partial charge in [-0.3, -0.25) is 0 Å². The SMILES string of the molecule is C[C@H](C(=O)O)N(C)c1nc(Cl)ncc1Br. The van der Waals surface area contributed by atoms with E-state index in [0.29, 0.717) is 10.3 Å². The summed E-state index contributed by atoms with van der Waals surface area (Å²) in [5, 5.41) is 8.92. The van der Waals surface area contributed by atoms with Crippen molar-refractivity contribution in [1.29, 1.82) is 0 Å². The normalized spacial score (nSPS) is 12.3. The third-order valence-corrected chi connectivity index (χ3v) is 2.71. The highest BCUT2D eigenvalue weighted by Gasteiger charge is 2.20. The zero-order valence-corrected chi connectivity index (χ0v) is 10.4. The number of anilines is 1. The maximum absolute atomic E-state index is 10.8. The summed E-state index contributed by atoms with van der Waals surface area (Å²) in [4.78, 5) is 20.0. The second kappa shape index (κ2) is 4.76. The van der Waals surface area contributed by atoms with E-state index in [1.165, 1.54) is 11.1 Å². The minimum Gasteiger partial charge on any atom is -0.480 e. The number of halogens is 2. The molecule has 1 aromatic rings. The average molecular weight is 295 g/mol. The van der Waals surface area contributed by atoms with Gasteiger partial charge in [0.25, 0.3) is 0 Å². The van der Waals surface area contributed by atoms with Gasteiger partial charge in [-0.15, -0.1) is 0 Å². The summed E-state index contributed by atoms with van der Waals surface area (Å²) in [7, 11) is 1.63. The fourth-order valence-corrected chi connectivity index (χ4v) is 1.53. The Labute approximate surface area is 100 Å². The molecule has 0 unspecified atom stereocenters. The average Bonchev–Trinajstić information content (AvgIpc) is 2.19. The van der Waals surface area contributed by atoms with Gasteiger partial charge in [-0.2, -0.15) is 4.98 Å². The molecule has 0 bridgehead atoms. The molecule has 1 rings (SSSR count). The molecular weight excluding hydrogens is 285 g/mol. The summed E-state index contributed by atoms with van der Waals surface area (Å²) >= 11 is 8.86. The Hall–Kier alpha value is -0.880. The van der Waals surface area contributed by atoms with Gasteiger partial charge in [-0.25, -0.2) is 9.78 Å². The van der Waals surface area contributed by atoms with Gasteiger partial charge in [0.2, 0.25) is 5.28 Å². The van der Waals surface area contributed by atoms with E-state index in [4.69, 9.17) is 16.7 Å². The highest BCUT2D eigenvalue weighted by Crippen LogP contribution is 2.24. The van der Waals surface area contributed by atoms with Crippen molar-refractivity contribution >= 4 is 39.3 Å². The highest BCUT2D eigenvalue weighted by atomic mass is 79.9. The number of nitrogens with zero attached hydrogens (tertiary/aromatic N) is 3. The number of rotatable bonds is 3. The Morgan fingerprint density at radius 2 is 2.33 bits per heavy atom. The Morgan fingerprint density at radius 3 is 2.87 bits per heavy atom. The number of aromatic nitrogens is 2. The lowest BCUT2D eigenvalue weighted by atomic mass is 10.3. The van der Waals surface area contributed by atoms with E-state index >= 15 is 0 Å². The molecule has 1 N–H and O–H groups in total. The van der Waals surface area contributed by atoms with Crippen LogP contribution in [0.3, 0.4) is 0 Å². The zero-order valence-electron chi connectivity index (χ0n) is 8.11. The fraction of sp³-hybridized carbons (Fsp3) is 0.375. The Kier molecular flexibility index (Phi) is 3.87. The molecule has 0 amide bonds. The summed E-state index contributed by atoms with van der Waals surface area (Å²) < 4.78 is 0.600. The number of carbonyl (C=O) groups is 1. The fourth-order valence-electron chi connectivity index (χ4n) is 0.934. The van der Waals surface area contributed by atoms with E-state index in [9.17, 15) is 4.79 Å². The lowest BCUT2D eigenvalue weighted by Crippen LogP contribution is -2.36. The monoisotopic (exact) mass is 293 g/mol. The molecule has 0 aliphatic heterocycles. The molecule has 5 nitrogen and oxygen atoms in total. The second-order valence-corrected chi connectivity index (χ2v) is 4.13. The van der Waals surface area contributed by atoms with Gasteiger partial charge in [-0.1, -0.05) is 0 Å². The number of aliphatic carboxylic acids is 1. The summed E-state index contributed by atoms with van der Waals surface area (Å²) in [5.41, 5.74) is 0. The van der Waals surface area contributed by atoms with Crippen LogP contribution in [0, 0.1) is 0 Å². The lowest BCUT2D eigenvalue weighted by molar-refractivity contribution is -0.138. The summed E-state index contributed by atoms with van der Waals surface area (Å²) in [5.74, 6) is -0.482. The zero-order chi connectivity index (χ0) is 11.6. The second-order valence-electron chi connectivity index (χ2n) is 2.94. The quantitative estimate of drug-likeness (QED) is 0.861. The van der Waals surface area contributed by atoms with Crippen molar-refractivity contribution in [3.8, 4) is 0 Å². The van der Waals surface area contributed by atoms with Crippen LogP contribution in [-0.2, 0) is 4.79 Å². The van der Waals surface area contributed by atoms with Crippen LogP contribution in [0.5, 0.6) is 0 Å². The first-order valence-electron chi connectivity index (χ1n) is 4.07. The minimum absolute atomic E-state index is 0.0811. The Balaban J connectivity index is 3.04. The molecule has 0 spiro atoms. The molecule has 0 saturated carbocycles. The smallest absolute Gasteiger partial charge is 0.326 e. The molecule has 1 aromatic heterocycles. The topological polar surface area (TPSA) is 66.3 Å². The van der Waals surface area contributed by atoms with E-state index in [0.717, 1.165) is 0 Å². The standard InChI is InChI=1S/C8H9BrClN3O2/c1-4(7(14)15)13(2)6-5(9)3-11-8(10)12-6/h3-4H,1-2H3,(H,14,15)/t4-/m1/s1. The van der Waals surface area contributed by atoms with E-state index < -0.39 is 12.0 Å². The van der Waals surface area contributed by atoms with Gasteiger partial charge in [0, 0.05) is 13.2 Å². The Morgan fingerprint density at radius 1 is 1.73 bits per heavy atom. The molecule has 7 heteroatoms. The highest BCUT2D eigenvalue weighted by molar-refractivity contribution is 9.10. The first kappa shape index (κ1) is 12.2. The number of carboxylic acid groups (broad SMARTS) is 1.